The first kappa shape index (κ1) is 19.5. The molecule has 0 aliphatic carbocycles. The topological polar surface area (TPSA) is 113 Å². The zero-order chi connectivity index (χ0) is 19.5. The van der Waals surface area contributed by atoms with Crippen molar-refractivity contribution in [2.45, 2.75) is 10.9 Å². The largest absolute Gasteiger partial charge is 0.479 e. The van der Waals surface area contributed by atoms with E-state index in [-0.39, 0.29) is 10.5 Å². The Morgan fingerprint density at radius 2 is 1.81 bits per heavy atom. The number of aliphatic carboxylic acids is 1. The molecule has 0 aliphatic heterocycles. The number of carbonyl (C=O) groups is 2. The number of sulfonamides is 1. The predicted octanol–water partition coefficient (Wildman–Crippen LogP) is 1.43. The molecule has 0 fully saturated rings. The Bertz CT molecular complexity index is 963. The van der Waals surface area contributed by atoms with Crippen molar-refractivity contribution in [2.24, 2.45) is 0 Å². The van der Waals surface area contributed by atoms with E-state index in [0.717, 1.165) is 18.2 Å². The number of hydrogen-bond acceptors (Lipinski definition) is 4. The van der Waals surface area contributed by atoms with Crippen LogP contribution in [0.15, 0.2) is 47.4 Å². The van der Waals surface area contributed by atoms with Crippen LogP contribution in [0, 0.1) is 11.6 Å². The summed E-state index contributed by atoms with van der Waals surface area (Å²) in [6.07, 6.45) is 0. The van der Waals surface area contributed by atoms with Gasteiger partial charge in [-0.3, -0.25) is 4.79 Å². The molecular formula is C16H14F2N2O5S. The zero-order valence-corrected chi connectivity index (χ0v) is 14.2. The number of halogens is 2. The average Bonchev–Trinajstić information content (AvgIpc) is 2.60. The molecule has 1 amide bonds. The summed E-state index contributed by atoms with van der Waals surface area (Å²) in [6, 6.07) is 5.34. The summed E-state index contributed by atoms with van der Waals surface area (Å²) < 4.78 is 52.5. The first-order valence-corrected chi connectivity index (χ1v) is 8.66. The number of amides is 1. The van der Waals surface area contributed by atoms with E-state index in [4.69, 9.17) is 0 Å². The smallest absolute Gasteiger partial charge is 0.331 e. The number of nitrogens with one attached hydrogen (secondary N) is 2. The van der Waals surface area contributed by atoms with E-state index < -0.39 is 45.1 Å². The number of benzene rings is 2. The Labute approximate surface area is 147 Å². The number of carboxylic acid groups (broad SMARTS) is 1. The molecule has 0 saturated heterocycles. The van der Waals surface area contributed by atoms with Gasteiger partial charge in [-0.25, -0.2) is 26.7 Å². The fourth-order valence-electron chi connectivity index (χ4n) is 2.14. The summed E-state index contributed by atoms with van der Waals surface area (Å²) in [5, 5.41) is 11.3. The lowest BCUT2D eigenvalue weighted by Gasteiger charge is -2.16. The van der Waals surface area contributed by atoms with Crippen LogP contribution < -0.4 is 10.0 Å². The van der Waals surface area contributed by atoms with Gasteiger partial charge in [0, 0.05) is 17.2 Å². The monoisotopic (exact) mass is 384 g/mol. The van der Waals surface area contributed by atoms with Crippen LogP contribution in [-0.2, 0) is 14.8 Å². The van der Waals surface area contributed by atoms with Crippen molar-refractivity contribution < 1.29 is 31.9 Å². The molecule has 0 spiro atoms. The molecule has 10 heteroatoms. The van der Waals surface area contributed by atoms with Gasteiger partial charge in [0.2, 0.25) is 10.0 Å². The lowest BCUT2D eigenvalue weighted by molar-refractivity contribution is -0.139. The molecule has 138 valence electrons. The van der Waals surface area contributed by atoms with Crippen molar-refractivity contribution in [2.75, 3.05) is 7.05 Å². The van der Waals surface area contributed by atoms with Crippen molar-refractivity contribution in [3.8, 4) is 0 Å². The molecule has 2 aromatic rings. The van der Waals surface area contributed by atoms with Crippen molar-refractivity contribution in [1.82, 2.24) is 10.0 Å². The quantitative estimate of drug-likeness (QED) is 0.697. The maximum atomic E-state index is 13.8. The van der Waals surface area contributed by atoms with Crippen molar-refractivity contribution in [3.05, 3.63) is 65.2 Å². The Hall–Kier alpha value is -2.85. The summed E-state index contributed by atoms with van der Waals surface area (Å²) >= 11 is 0. The second kappa shape index (κ2) is 7.58. The van der Waals surface area contributed by atoms with Crippen molar-refractivity contribution in [3.63, 3.8) is 0 Å². The number of carbonyl (C=O) groups excluding carboxylic acids is 1. The Balaban J connectivity index is 2.34. The van der Waals surface area contributed by atoms with Crippen LogP contribution in [0.1, 0.15) is 22.0 Å². The SMILES string of the molecule is CNS(=O)(=O)c1cccc(C(=O)N[C@@H](C(=O)O)c2ccc(F)cc2F)c1. The van der Waals surface area contributed by atoms with Crippen molar-refractivity contribution in [1.29, 1.82) is 0 Å². The van der Waals surface area contributed by atoms with Gasteiger partial charge >= 0.3 is 5.97 Å². The third-order valence-electron chi connectivity index (χ3n) is 3.47. The summed E-state index contributed by atoms with van der Waals surface area (Å²) in [7, 11) is -2.62. The van der Waals surface area contributed by atoms with Gasteiger partial charge in [-0.1, -0.05) is 12.1 Å². The van der Waals surface area contributed by atoms with Gasteiger partial charge in [0.1, 0.15) is 11.6 Å². The van der Waals surface area contributed by atoms with Gasteiger partial charge in [0.05, 0.1) is 4.90 Å². The molecule has 2 rings (SSSR count). The van der Waals surface area contributed by atoms with E-state index in [1.54, 1.807) is 0 Å². The highest BCUT2D eigenvalue weighted by Gasteiger charge is 2.26. The Morgan fingerprint density at radius 1 is 1.12 bits per heavy atom. The molecule has 7 nitrogen and oxygen atoms in total. The fraction of sp³-hybridized carbons (Fsp3) is 0.125. The Kier molecular flexibility index (Phi) is 5.68. The maximum Gasteiger partial charge on any atom is 0.331 e. The lowest BCUT2D eigenvalue weighted by Crippen LogP contribution is -2.34. The number of carboxylic acids is 1. The molecule has 1 atom stereocenters. The molecule has 26 heavy (non-hydrogen) atoms. The molecule has 3 N–H and O–H groups in total. The van der Waals surface area contributed by atoms with Gasteiger partial charge in [0.25, 0.3) is 5.91 Å². The van der Waals surface area contributed by atoms with E-state index in [2.05, 4.69) is 10.0 Å². The first-order chi connectivity index (χ1) is 12.2. The van der Waals surface area contributed by atoms with E-state index in [0.29, 0.717) is 6.07 Å². The molecule has 0 saturated carbocycles. The third-order valence-corrected chi connectivity index (χ3v) is 4.88. The van der Waals surface area contributed by atoms with Crippen molar-refractivity contribution >= 4 is 21.9 Å². The van der Waals surface area contributed by atoms with E-state index in [1.165, 1.54) is 25.2 Å². The normalized spacial score (nSPS) is 12.4. The molecule has 0 bridgehead atoms. The summed E-state index contributed by atoms with van der Waals surface area (Å²) in [5.74, 6) is -4.53. The minimum Gasteiger partial charge on any atom is -0.479 e. The van der Waals surface area contributed by atoms with Gasteiger partial charge in [-0.05, 0) is 31.3 Å². The van der Waals surface area contributed by atoms with Crippen LogP contribution in [0.5, 0.6) is 0 Å². The minimum absolute atomic E-state index is 0.143. The summed E-state index contributed by atoms with van der Waals surface area (Å²) in [4.78, 5) is 23.5. The highest BCUT2D eigenvalue weighted by molar-refractivity contribution is 7.89. The molecule has 0 aromatic heterocycles. The van der Waals surface area contributed by atoms with Gasteiger partial charge in [0.15, 0.2) is 6.04 Å². The van der Waals surface area contributed by atoms with Gasteiger partial charge < -0.3 is 10.4 Å². The predicted molar refractivity (Wildman–Crippen MR) is 86.9 cm³/mol. The molecular weight excluding hydrogens is 370 g/mol. The second-order valence-electron chi connectivity index (χ2n) is 5.15. The fourth-order valence-corrected chi connectivity index (χ4v) is 2.92. The summed E-state index contributed by atoms with van der Waals surface area (Å²) in [5.41, 5.74) is -0.582. The minimum atomic E-state index is -3.81. The third kappa shape index (κ3) is 4.21. The standard InChI is InChI=1S/C16H14F2N2O5S/c1-19-26(24,25)11-4-2-3-9(7-11)15(21)20-14(16(22)23)12-6-5-10(17)8-13(12)18/h2-8,14,19H,1H3,(H,20,21)(H,22,23)/t14-/m1/s1. The van der Waals surface area contributed by atoms with Crippen LogP contribution in [0.2, 0.25) is 0 Å². The molecule has 0 heterocycles. The maximum absolute atomic E-state index is 13.8. The molecule has 0 radical (unpaired) electrons. The van der Waals surface area contributed by atoms with Crippen LogP contribution in [0.25, 0.3) is 0 Å². The average molecular weight is 384 g/mol. The van der Waals surface area contributed by atoms with E-state index >= 15 is 0 Å². The zero-order valence-electron chi connectivity index (χ0n) is 13.4. The molecule has 2 aromatic carbocycles. The highest BCUT2D eigenvalue weighted by Crippen LogP contribution is 2.20. The number of hydrogen-bond donors (Lipinski definition) is 3. The Morgan fingerprint density at radius 3 is 2.38 bits per heavy atom. The second-order valence-corrected chi connectivity index (χ2v) is 7.03. The van der Waals surface area contributed by atoms with Crippen LogP contribution in [-0.4, -0.2) is 32.4 Å². The lowest BCUT2D eigenvalue weighted by atomic mass is 10.1. The van der Waals surface area contributed by atoms with Gasteiger partial charge in [-0.2, -0.15) is 0 Å². The van der Waals surface area contributed by atoms with Crippen LogP contribution in [0.3, 0.4) is 0 Å². The molecule has 0 unspecified atom stereocenters. The van der Waals surface area contributed by atoms with Crippen LogP contribution >= 0.6 is 0 Å². The van der Waals surface area contributed by atoms with Gasteiger partial charge in [-0.15, -0.1) is 0 Å². The summed E-state index contributed by atoms with van der Waals surface area (Å²) in [6.45, 7) is 0. The van der Waals surface area contributed by atoms with E-state index in [9.17, 15) is 31.9 Å². The first-order valence-electron chi connectivity index (χ1n) is 7.18. The highest BCUT2D eigenvalue weighted by atomic mass is 32.2. The number of rotatable bonds is 6. The van der Waals surface area contributed by atoms with E-state index in [1.807, 2.05) is 0 Å². The van der Waals surface area contributed by atoms with Crippen LogP contribution in [0.4, 0.5) is 8.78 Å². The molecule has 0 aliphatic rings.